The van der Waals surface area contributed by atoms with Gasteiger partial charge in [-0.1, -0.05) is 60.1 Å². The Balaban J connectivity index is 2.54. The van der Waals surface area contributed by atoms with Gasteiger partial charge < -0.3 is 5.73 Å². The van der Waals surface area contributed by atoms with Gasteiger partial charge in [0.05, 0.1) is 4.90 Å². The van der Waals surface area contributed by atoms with Crippen LogP contribution in [-0.2, 0) is 10.0 Å². The number of nitrogens with two attached hydrogens (primary N) is 1. The molecule has 0 heterocycles. The number of hydrogen-bond donors (Lipinski definition) is 2. The Morgan fingerprint density at radius 3 is 1.92 bits per heavy atom. The van der Waals surface area contributed by atoms with Crippen molar-refractivity contribution in [1.82, 2.24) is 4.72 Å². The topological polar surface area (TPSA) is 72.2 Å². The summed E-state index contributed by atoms with van der Waals surface area (Å²) in [4.78, 5) is 0.492. The first-order valence-electron chi connectivity index (χ1n) is 9.98. The summed E-state index contributed by atoms with van der Waals surface area (Å²) in [5, 5.41) is 0. The van der Waals surface area contributed by atoms with Gasteiger partial charge in [-0.2, -0.15) is 0 Å². The highest BCUT2D eigenvalue weighted by molar-refractivity contribution is 7.89. The molecule has 1 saturated carbocycles. The maximum atomic E-state index is 13.4. The Bertz CT molecular complexity index is 695. The van der Waals surface area contributed by atoms with Crippen molar-refractivity contribution in [3.63, 3.8) is 0 Å². The van der Waals surface area contributed by atoms with E-state index in [1.165, 1.54) is 5.56 Å². The molecule has 2 atom stereocenters. The molecule has 1 aromatic rings. The summed E-state index contributed by atoms with van der Waals surface area (Å²) in [6.45, 7) is 12.6. The van der Waals surface area contributed by atoms with Crippen LogP contribution in [0.4, 0.5) is 0 Å². The summed E-state index contributed by atoms with van der Waals surface area (Å²) in [7, 11) is -3.58. The van der Waals surface area contributed by atoms with Crippen LogP contribution in [0.5, 0.6) is 0 Å². The van der Waals surface area contributed by atoms with Gasteiger partial charge in [-0.3, -0.25) is 0 Å². The molecule has 148 valence electrons. The van der Waals surface area contributed by atoms with E-state index in [4.69, 9.17) is 5.73 Å². The lowest BCUT2D eigenvalue weighted by Gasteiger charge is -2.29. The molecule has 26 heavy (non-hydrogen) atoms. The van der Waals surface area contributed by atoms with E-state index in [2.05, 4.69) is 58.4 Å². The lowest BCUT2D eigenvalue weighted by molar-refractivity contribution is 0.371. The van der Waals surface area contributed by atoms with Crippen molar-refractivity contribution >= 4 is 10.0 Å². The molecule has 4 nitrogen and oxygen atoms in total. The molecule has 2 rings (SSSR count). The van der Waals surface area contributed by atoms with E-state index in [-0.39, 0.29) is 23.9 Å². The first-order valence-corrected chi connectivity index (χ1v) is 11.5. The fourth-order valence-electron chi connectivity index (χ4n) is 3.81. The van der Waals surface area contributed by atoms with Crippen molar-refractivity contribution < 1.29 is 8.42 Å². The standard InChI is InChI=1S/C21H36N2O2S/c1-13(2)16-10-19(14(3)4)21(20(11-16)15(5)6)26(24,25)23-18-9-7-8-17(22)12-18/h10-11,13-15,17-18,23H,7-9,12,22H2,1-6H3/t17-,18+/m0/s1. The van der Waals surface area contributed by atoms with Crippen LogP contribution in [0, 0.1) is 0 Å². The summed E-state index contributed by atoms with van der Waals surface area (Å²) in [5.74, 6) is 0.656. The van der Waals surface area contributed by atoms with E-state index in [0.29, 0.717) is 10.8 Å². The number of rotatable bonds is 6. The molecule has 1 aromatic carbocycles. The second-order valence-electron chi connectivity index (χ2n) is 8.74. The van der Waals surface area contributed by atoms with Crippen LogP contribution in [0.1, 0.15) is 102 Å². The Labute approximate surface area is 160 Å². The van der Waals surface area contributed by atoms with Crippen LogP contribution < -0.4 is 10.5 Å². The minimum atomic E-state index is -3.58. The van der Waals surface area contributed by atoms with E-state index in [1.54, 1.807) is 0 Å². The Hall–Kier alpha value is -0.910. The van der Waals surface area contributed by atoms with Crippen molar-refractivity contribution in [3.8, 4) is 0 Å². The third-order valence-corrected chi connectivity index (χ3v) is 7.04. The summed E-state index contributed by atoms with van der Waals surface area (Å²) in [6.07, 6.45) is 3.55. The summed E-state index contributed by atoms with van der Waals surface area (Å²) < 4.78 is 29.7. The minimum Gasteiger partial charge on any atom is -0.328 e. The number of hydrogen-bond acceptors (Lipinski definition) is 3. The van der Waals surface area contributed by atoms with Crippen LogP contribution in [0.3, 0.4) is 0 Å². The van der Waals surface area contributed by atoms with Crippen LogP contribution in [0.15, 0.2) is 17.0 Å². The molecule has 0 unspecified atom stereocenters. The maximum Gasteiger partial charge on any atom is 0.241 e. The van der Waals surface area contributed by atoms with Gasteiger partial charge in [-0.05, 0) is 53.7 Å². The third-order valence-electron chi connectivity index (χ3n) is 5.38. The highest BCUT2D eigenvalue weighted by Gasteiger charge is 2.30. The van der Waals surface area contributed by atoms with E-state index in [0.717, 1.165) is 36.8 Å². The van der Waals surface area contributed by atoms with Gasteiger partial charge in [-0.15, -0.1) is 0 Å². The van der Waals surface area contributed by atoms with Gasteiger partial charge in [0.15, 0.2) is 0 Å². The molecule has 0 radical (unpaired) electrons. The Morgan fingerprint density at radius 2 is 1.50 bits per heavy atom. The zero-order chi connectivity index (χ0) is 19.6. The minimum absolute atomic E-state index is 0.0615. The van der Waals surface area contributed by atoms with Crippen molar-refractivity contribution in [2.75, 3.05) is 0 Å². The maximum absolute atomic E-state index is 13.4. The van der Waals surface area contributed by atoms with Crippen LogP contribution in [0.2, 0.25) is 0 Å². The average Bonchev–Trinajstić information content (AvgIpc) is 2.52. The molecule has 0 aromatic heterocycles. The average molecular weight is 381 g/mol. The predicted molar refractivity (Wildman–Crippen MR) is 109 cm³/mol. The smallest absolute Gasteiger partial charge is 0.241 e. The van der Waals surface area contributed by atoms with Gasteiger partial charge in [0.2, 0.25) is 10.0 Å². The normalized spacial score (nSPS) is 21.8. The molecule has 0 saturated heterocycles. The van der Waals surface area contributed by atoms with Crippen molar-refractivity contribution in [3.05, 3.63) is 28.8 Å². The first-order chi connectivity index (χ1) is 12.0. The van der Waals surface area contributed by atoms with E-state index >= 15 is 0 Å². The zero-order valence-corrected chi connectivity index (χ0v) is 18.0. The fraction of sp³-hybridized carbons (Fsp3) is 0.714. The van der Waals surface area contributed by atoms with Crippen LogP contribution in [0.25, 0.3) is 0 Å². The molecule has 0 amide bonds. The monoisotopic (exact) mass is 380 g/mol. The summed E-state index contributed by atoms with van der Waals surface area (Å²) in [5.41, 5.74) is 9.11. The van der Waals surface area contributed by atoms with Crippen molar-refractivity contribution in [2.24, 2.45) is 5.73 Å². The third kappa shape index (κ3) is 4.87. The molecule has 3 N–H and O–H groups in total. The van der Waals surface area contributed by atoms with Crippen molar-refractivity contribution in [1.29, 1.82) is 0 Å². The highest BCUT2D eigenvalue weighted by atomic mass is 32.2. The zero-order valence-electron chi connectivity index (χ0n) is 17.2. The van der Waals surface area contributed by atoms with Gasteiger partial charge in [0.25, 0.3) is 0 Å². The molecule has 1 aliphatic carbocycles. The van der Waals surface area contributed by atoms with E-state index in [9.17, 15) is 8.42 Å². The highest BCUT2D eigenvalue weighted by Crippen LogP contribution is 2.35. The summed E-state index contributed by atoms with van der Waals surface area (Å²) >= 11 is 0. The van der Waals surface area contributed by atoms with E-state index < -0.39 is 10.0 Å². The number of benzene rings is 1. The SMILES string of the molecule is CC(C)c1cc(C(C)C)c(S(=O)(=O)N[C@@H]2CCC[C@H](N)C2)c(C(C)C)c1. The molecule has 5 heteroatoms. The largest absolute Gasteiger partial charge is 0.328 e. The molecular weight excluding hydrogens is 344 g/mol. The van der Waals surface area contributed by atoms with Gasteiger partial charge in [0, 0.05) is 12.1 Å². The molecule has 1 aliphatic rings. The molecule has 1 fully saturated rings. The van der Waals surface area contributed by atoms with E-state index in [1.807, 2.05) is 0 Å². The summed E-state index contributed by atoms with van der Waals surface area (Å²) in [6, 6.07) is 4.20. The van der Waals surface area contributed by atoms with Gasteiger partial charge in [0.1, 0.15) is 0 Å². The Morgan fingerprint density at radius 1 is 0.962 bits per heavy atom. The van der Waals surface area contributed by atoms with Gasteiger partial charge >= 0.3 is 0 Å². The lowest BCUT2D eigenvalue weighted by atomic mass is 9.89. The number of nitrogens with one attached hydrogen (secondary N) is 1. The Kier molecular flexibility index (Phi) is 6.92. The lowest BCUT2D eigenvalue weighted by Crippen LogP contribution is -2.42. The molecule has 0 bridgehead atoms. The second kappa shape index (κ2) is 8.41. The predicted octanol–water partition coefficient (Wildman–Crippen LogP) is 4.61. The molecular formula is C21H36N2O2S. The number of sulfonamides is 1. The first kappa shape index (κ1) is 21.4. The fourth-order valence-corrected chi connectivity index (χ4v) is 5.79. The van der Waals surface area contributed by atoms with Crippen LogP contribution in [-0.4, -0.2) is 20.5 Å². The second-order valence-corrected chi connectivity index (χ2v) is 10.4. The molecule has 0 spiro atoms. The van der Waals surface area contributed by atoms with Gasteiger partial charge in [-0.25, -0.2) is 13.1 Å². The quantitative estimate of drug-likeness (QED) is 0.757. The molecule has 0 aliphatic heterocycles. The van der Waals surface area contributed by atoms with Crippen molar-refractivity contribution in [2.45, 2.75) is 102 Å². The van der Waals surface area contributed by atoms with Crippen LogP contribution >= 0.6 is 0 Å².